The summed E-state index contributed by atoms with van der Waals surface area (Å²) in [6.07, 6.45) is 0. The van der Waals surface area contributed by atoms with Gasteiger partial charge in [-0.25, -0.2) is 0 Å². The number of anilines is 1. The fourth-order valence-electron chi connectivity index (χ4n) is 1.53. The molecule has 2 aromatic carbocycles. The van der Waals surface area contributed by atoms with Crippen LogP contribution in [0.2, 0.25) is 5.02 Å². The lowest BCUT2D eigenvalue weighted by Gasteiger charge is -2.10. The molecule has 0 radical (unpaired) electrons. The van der Waals surface area contributed by atoms with Crippen molar-refractivity contribution >= 4 is 39.9 Å². The summed E-state index contributed by atoms with van der Waals surface area (Å²) in [4.78, 5) is 0. The zero-order valence-corrected chi connectivity index (χ0v) is 12.2. The van der Waals surface area contributed by atoms with Crippen molar-refractivity contribution in [2.75, 3.05) is 5.32 Å². The number of rotatable bonds is 3. The molecule has 0 heterocycles. The van der Waals surface area contributed by atoms with E-state index >= 15 is 0 Å². The van der Waals surface area contributed by atoms with Gasteiger partial charge in [0.1, 0.15) is 11.5 Å². The third kappa shape index (κ3) is 3.20. The van der Waals surface area contributed by atoms with Gasteiger partial charge in [-0.3, -0.25) is 0 Å². The average molecular weight is 376 g/mol. The lowest BCUT2D eigenvalue weighted by molar-refractivity contribution is 0.446. The molecule has 0 unspecified atom stereocenters. The normalized spacial score (nSPS) is 10.3. The van der Waals surface area contributed by atoms with Crippen LogP contribution in [-0.2, 0) is 6.54 Å². The number of aromatic hydroxyl groups is 2. The van der Waals surface area contributed by atoms with E-state index in [-0.39, 0.29) is 11.5 Å². The Kier molecular flexibility index (Phi) is 4.19. The third-order valence-corrected chi connectivity index (χ3v) is 3.60. The standard InChI is InChI=1S/C13H11ClINO2/c14-9-2-4-12(11(15)5-9)16-7-8-1-3-10(17)6-13(8)18/h1-6,16-18H,7H2. The molecule has 0 bridgehead atoms. The van der Waals surface area contributed by atoms with E-state index in [4.69, 9.17) is 11.6 Å². The Balaban J connectivity index is 2.11. The summed E-state index contributed by atoms with van der Waals surface area (Å²) in [5.41, 5.74) is 1.67. The summed E-state index contributed by atoms with van der Waals surface area (Å²) in [7, 11) is 0. The Bertz CT molecular complexity index is 523. The van der Waals surface area contributed by atoms with E-state index in [2.05, 4.69) is 27.9 Å². The topological polar surface area (TPSA) is 52.5 Å². The number of phenolic OH excluding ortho intramolecular Hbond substituents is 2. The van der Waals surface area contributed by atoms with E-state index in [0.29, 0.717) is 11.6 Å². The summed E-state index contributed by atoms with van der Waals surface area (Å²) >= 11 is 8.07. The second-order valence-electron chi connectivity index (χ2n) is 3.79. The van der Waals surface area contributed by atoms with Crippen molar-refractivity contribution in [3.05, 3.63) is 50.6 Å². The lowest BCUT2D eigenvalue weighted by atomic mass is 10.2. The van der Waals surface area contributed by atoms with Crippen LogP contribution >= 0.6 is 34.2 Å². The van der Waals surface area contributed by atoms with Gasteiger partial charge in [0.25, 0.3) is 0 Å². The van der Waals surface area contributed by atoms with Gasteiger partial charge in [-0.1, -0.05) is 11.6 Å². The van der Waals surface area contributed by atoms with Crippen LogP contribution in [-0.4, -0.2) is 10.2 Å². The molecule has 0 aliphatic heterocycles. The number of hydrogen-bond donors (Lipinski definition) is 3. The Hall–Kier alpha value is -1.14. The monoisotopic (exact) mass is 375 g/mol. The van der Waals surface area contributed by atoms with E-state index in [1.54, 1.807) is 12.1 Å². The summed E-state index contributed by atoms with van der Waals surface area (Å²) in [5.74, 6) is 0.129. The average Bonchev–Trinajstić information content (AvgIpc) is 2.30. The minimum Gasteiger partial charge on any atom is -0.508 e. The molecule has 0 atom stereocenters. The van der Waals surface area contributed by atoms with Gasteiger partial charge in [-0.2, -0.15) is 0 Å². The minimum absolute atomic E-state index is 0.0531. The van der Waals surface area contributed by atoms with Crippen LogP contribution in [0.15, 0.2) is 36.4 Å². The molecular weight excluding hydrogens is 365 g/mol. The van der Waals surface area contributed by atoms with Crippen molar-refractivity contribution in [2.45, 2.75) is 6.54 Å². The molecule has 0 aliphatic rings. The molecule has 0 saturated carbocycles. The van der Waals surface area contributed by atoms with Crippen molar-refractivity contribution < 1.29 is 10.2 Å². The Morgan fingerprint density at radius 3 is 2.56 bits per heavy atom. The first-order valence-electron chi connectivity index (χ1n) is 5.26. The van der Waals surface area contributed by atoms with Crippen molar-refractivity contribution in [3.63, 3.8) is 0 Å². The molecule has 3 N–H and O–H groups in total. The van der Waals surface area contributed by atoms with Gasteiger partial charge in [-0.05, 0) is 52.9 Å². The first kappa shape index (κ1) is 13.3. The molecule has 0 saturated heterocycles. The molecule has 0 amide bonds. The predicted octanol–water partition coefficient (Wildman–Crippen LogP) is 3.97. The quantitative estimate of drug-likeness (QED) is 0.712. The Morgan fingerprint density at radius 2 is 1.89 bits per heavy atom. The Labute approximate surface area is 124 Å². The van der Waals surface area contributed by atoms with E-state index in [0.717, 1.165) is 14.8 Å². The minimum atomic E-state index is 0.0531. The zero-order valence-electron chi connectivity index (χ0n) is 9.32. The molecule has 0 aliphatic carbocycles. The second kappa shape index (κ2) is 5.67. The number of benzene rings is 2. The van der Waals surface area contributed by atoms with Crippen molar-refractivity contribution in [1.29, 1.82) is 0 Å². The molecule has 2 rings (SSSR count). The molecular formula is C13H11ClINO2. The van der Waals surface area contributed by atoms with Gasteiger partial charge in [0.15, 0.2) is 0 Å². The highest BCUT2D eigenvalue weighted by Crippen LogP contribution is 2.26. The van der Waals surface area contributed by atoms with Gasteiger partial charge in [0.05, 0.1) is 0 Å². The number of halogens is 2. The van der Waals surface area contributed by atoms with Crippen LogP contribution in [0.1, 0.15) is 5.56 Å². The summed E-state index contributed by atoms with van der Waals surface area (Å²) in [6, 6.07) is 10.1. The van der Waals surface area contributed by atoms with Gasteiger partial charge in [0, 0.05) is 32.5 Å². The highest BCUT2D eigenvalue weighted by Gasteiger charge is 2.04. The number of hydrogen-bond acceptors (Lipinski definition) is 3. The smallest absolute Gasteiger partial charge is 0.124 e. The molecule has 94 valence electrons. The van der Waals surface area contributed by atoms with Crippen molar-refractivity contribution in [3.8, 4) is 11.5 Å². The number of nitrogens with one attached hydrogen (secondary N) is 1. The zero-order chi connectivity index (χ0) is 13.1. The fourth-order valence-corrected chi connectivity index (χ4v) is 2.59. The molecule has 5 heteroatoms. The van der Waals surface area contributed by atoms with Gasteiger partial charge in [-0.15, -0.1) is 0 Å². The maximum atomic E-state index is 9.66. The third-order valence-electron chi connectivity index (χ3n) is 2.47. The van der Waals surface area contributed by atoms with Crippen LogP contribution in [0.3, 0.4) is 0 Å². The fraction of sp³-hybridized carbons (Fsp3) is 0.0769. The lowest BCUT2D eigenvalue weighted by Crippen LogP contribution is -2.01. The SMILES string of the molecule is Oc1ccc(CNc2ccc(Cl)cc2I)c(O)c1. The molecule has 2 aromatic rings. The first-order valence-corrected chi connectivity index (χ1v) is 6.72. The van der Waals surface area contributed by atoms with E-state index < -0.39 is 0 Å². The molecule has 18 heavy (non-hydrogen) atoms. The van der Waals surface area contributed by atoms with Crippen LogP contribution < -0.4 is 5.32 Å². The predicted molar refractivity (Wildman–Crippen MR) is 81.3 cm³/mol. The van der Waals surface area contributed by atoms with Crippen molar-refractivity contribution in [1.82, 2.24) is 0 Å². The highest BCUT2D eigenvalue weighted by molar-refractivity contribution is 14.1. The van der Waals surface area contributed by atoms with Crippen LogP contribution in [0.25, 0.3) is 0 Å². The largest absolute Gasteiger partial charge is 0.508 e. The molecule has 3 nitrogen and oxygen atoms in total. The van der Waals surface area contributed by atoms with Gasteiger partial charge in [0.2, 0.25) is 0 Å². The summed E-state index contributed by atoms with van der Waals surface area (Å²) < 4.78 is 1.01. The maximum absolute atomic E-state index is 9.66. The van der Waals surface area contributed by atoms with E-state index in [1.807, 2.05) is 18.2 Å². The van der Waals surface area contributed by atoms with E-state index in [9.17, 15) is 10.2 Å². The summed E-state index contributed by atoms with van der Waals surface area (Å²) in [6.45, 7) is 0.476. The van der Waals surface area contributed by atoms with Crippen molar-refractivity contribution in [2.24, 2.45) is 0 Å². The van der Waals surface area contributed by atoms with Gasteiger partial charge < -0.3 is 15.5 Å². The number of phenols is 2. The Morgan fingerprint density at radius 1 is 1.11 bits per heavy atom. The maximum Gasteiger partial charge on any atom is 0.124 e. The van der Waals surface area contributed by atoms with Crippen LogP contribution in [0.5, 0.6) is 11.5 Å². The molecule has 0 spiro atoms. The highest BCUT2D eigenvalue weighted by atomic mass is 127. The molecule has 0 fully saturated rings. The first-order chi connectivity index (χ1) is 8.56. The van der Waals surface area contributed by atoms with Gasteiger partial charge >= 0.3 is 0 Å². The second-order valence-corrected chi connectivity index (χ2v) is 5.39. The van der Waals surface area contributed by atoms with Crippen LogP contribution in [0, 0.1) is 3.57 Å². The van der Waals surface area contributed by atoms with E-state index in [1.165, 1.54) is 6.07 Å². The molecule has 0 aromatic heterocycles. The van der Waals surface area contributed by atoms with Crippen LogP contribution in [0.4, 0.5) is 5.69 Å². The summed E-state index contributed by atoms with van der Waals surface area (Å²) in [5, 5.41) is 22.8.